The van der Waals surface area contributed by atoms with Crippen LogP contribution < -0.4 is 5.32 Å². The van der Waals surface area contributed by atoms with E-state index in [4.69, 9.17) is 4.42 Å². The first-order valence-corrected chi connectivity index (χ1v) is 7.40. The summed E-state index contributed by atoms with van der Waals surface area (Å²) in [5.74, 6) is 0.775. The molecule has 0 aliphatic carbocycles. The van der Waals surface area contributed by atoms with E-state index in [0.717, 1.165) is 29.0 Å². The molecule has 1 amide bonds. The van der Waals surface area contributed by atoms with Crippen LogP contribution in [0, 0.1) is 6.92 Å². The van der Waals surface area contributed by atoms with Crippen molar-refractivity contribution in [3.63, 3.8) is 0 Å². The molecule has 1 N–H and O–H groups in total. The lowest BCUT2D eigenvalue weighted by Gasteiger charge is -2.06. The van der Waals surface area contributed by atoms with Gasteiger partial charge in [-0.05, 0) is 37.5 Å². The molecule has 0 bridgehead atoms. The van der Waals surface area contributed by atoms with E-state index in [9.17, 15) is 4.79 Å². The maximum absolute atomic E-state index is 12.3. The summed E-state index contributed by atoms with van der Waals surface area (Å²) >= 11 is 1.73. The van der Waals surface area contributed by atoms with Gasteiger partial charge in [-0.1, -0.05) is 13.8 Å². The zero-order chi connectivity index (χ0) is 13.8. The molecule has 0 aromatic carbocycles. The predicted octanol–water partition coefficient (Wildman–Crippen LogP) is 3.70. The van der Waals surface area contributed by atoms with E-state index in [1.54, 1.807) is 17.6 Å². The number of hydrogen-bond acceptors (Lipinski definition) is 3. The quantitative estimate of drug-likeness (QED) is 0.905. The summed E-state index contributed by atoms with van der Waals surface area (Å²) in [6, 6.07) is 3.68. The van der Waals surface area contributed by atoms with Gasteiger partial charge in [0, 0.05) is 9.75 Å². The third kappa shape index (κ3) is 2.89. The van der Waals surface area contributed by atoms with Gasteiger partial charge in [0.15, 0.2) is 0 Å². The number of thiophene rings is 1. The molecule has 102 valence electrons. The van der Waals surface area contributed by atoms with E-state index in [0.29, 0.717) is 6.54 Å². The highest BCUT2D eigenvalue weighted by Gasteiger charge is 2.19. The largest absolute Gasteiger partial charge is 0.467 e. The molecule has 2 rings (SSSR count). The van der Waals surface area contributed by atoms with Gasteiger partial charge in [-0.2, -0.15) is 0 Å². The third-order valence-electron chi connectivity index (χ3n) is 3.17. The van der Waals surface area contributed by atoms with Crippen molar-refractivity contribution < 1.29 is 9.21 Å². The minimum atomic E-state index is 0.00157. The van der Waals surface area contributed by atoms with Crippen LogP contribution in [0.4, 0.5) is 0 Å². The van der Waals surface area contributed by atoms with Crippen LogP contribution in [0.3, 0.4) is 0 Å². The van der Waals surface area contributed by atoms with Crippen LogP contribution in [-0.4, -0.2) is 5.91 Å². The average Bonchev–Trinajstić information content (AvgIpc) is 3.02. The minimum absolute atomic E-state index is 0.00157. The van der Waals surface area contributed by atoms with Gasteiger partial charge in [0.1, 0.15) is 5.76 Å². The van der Waals surface area contributed by atoms with Gasteiger partial charge in [0.05, 0.1) is 18.4 Å². The molecule has 0 aliphatic heterocycles. The molecule has 0 atom stereocenters. The lowest BCUT2D eigenvalue weighted by molar-refractivity contribution is 0.0947. The van der Waals surface area contributed by atoms with Crippen molar-refractivity contribution in [1.82, 2.24) is 5.32 Å². The lowest BCUT2D eigenvalue weighted by Crippen LogP contribution is -2.23. The summed E-state index contributed by atoms with van der Waals surface area (Å²) in [5.41, 5.74) is 2.05. The number of hydrogen-bond donors (Lipinski definition) is 1. The van der Waals surface area contributed by atoms with Gasteiger partial charge in [-0.3, -0.25) is 4.79 Å². The number of nitrogens with one attached hydrogen (secondary N) is 1. The summed E-state index contributed by atoms with van der Waals surface area (Å²) < 4.78 is 5.22. The van der Waals surface area contributed by atoms with E-state index < -0.39 is 0 Å². The van der Waals surface area contributed by atoms with Crippen LogP contribution in [0.5, 0.6) is 0 Å². The maximum atomic E-state index is 12.3. The lowest BCUT2D eigenvalue weighted by atomic mass is 10.0. The maximum Gasteiger partial charge on any atom is 0.253 e. The molecule has 0 fully saturated rings. The standard InChI is InChI=1S/C15H19NO2S/c1-4-12-13(5-2)19-10(3)14(12)15(17)16-9-11-7-6-8-18-11/h6-8H,4-5,9H2,1-3H3,(H,16,17). The number of carbonyl (C=O) groups excluding carboxylic acids is 1. The molecule has 3 nitrogen and oxygen atoms in total. The van der Waals surface area contributed by atoms with Crippen molar-refractivity contribution in [2.24, 2.45) is 0 Å². The Balaban J connectivity index is 2.16. The molecule has 0 saturated carbocycles. The Morgan fingerprint density at radius 2 is 2.16 bits per heavy atom. The van der Waals surface area contributed by atoms with Crippen molar-refractivity contribution in [3.8, 4) is 0 Å². The average molecular weight is 277 g/mol. The Labute approximate surface area is 117 Å². The molecular weight excluding hydrogens is 258 g/mol. The zero-order valence-corrected chi connectivity index (χ0v) is 12.4. The number of amides is 1. The van der Waals surface area contributed by atoms with Crippen molar-refractivity contribution in [2.45, 2.75) is 40.2 Å². The fourth-order valence-electron chi connectivity index (χ4n) is 2.27. The molecule has 0 spiro atoms. The Morgan fingerprint density at radius 3 is 2.74 bits per heavy atom. The van der Waals surface area contributed by atoms with E-state index in [2.05, 4.69) is 19.2 Å². The van der Waals surface area contributed by atoms with Gasteiger partial charge < -0.3 is 9.73 Å². The molecule has 4 heteroatoms. The van der Waals surface area contributed by atoms with E-state index in [-0.39, 0.29) is 5.91 Å². The fourth-order valence-corrected chi connectivity index (χ4v) is 3.48. The zero-order valence-electron chi connectivity index (χ0n) is 11.6. The summed E-state index contributed by atoms with van der Waals surface area (Å²) in [5, 5.41) is 2.93. The Kier molecular flexibility index (Phi) is 4.43. The van der Waals surface area contributed by atoms with Crippen molar-refractivity contribution in [3.05, 3.63) is 45.0 Å². The second-order valence-electron chi connectivity index (χ2n) is 4.40. The summed E-state index contributed by atoms with van der Waals surface area (Å²) in [7, 11) is 0. The van der Waals surface area contributed by atoms with Gasteiger partial charge in [0.25, 0.3) is 5.91 Å². The number of aryl methyl sites for hydroxylation is 2. The topological polar surface area (TPSA) is 42.2 Å². The molecule has 0 saturated heterocycles. The smallest absolute Gasteiger partial charge is 0.253 e. The van der Waals surface area contributed by atoms with Gasteiger partial charge in [-0.25, -0.2) is 0 Å². The van der Waals surface area contributed by atoms with Crippen LogP contribution >= 0.6 is 11.3 Å². The number of furan rings is 1. The first-order chi connectivity index (χ1) is 9.17. The first-order valence-electron chi connectivity index (χ1n) is 6.59. The number of rotatable bonds is 5. The Bertz CT molecular complexity index is 555. The van der Waals surface area contributed by atoms with Crippen LogP contribution in [0.15, 0.2) is 22.8 Å². The molecule has 19 heavy (non-hydrogen) atoms. The molecule has 2 aromatic rings. The molecule has 0 unspecified atom stereocenters. The summed E-state index contributed by atoms with van der Waals surface area (Å²) in [6.45, 7) is 6.69. The van der Waals surface area contributed by atoms with Crippen LogP contribution in [0.25, 0.3) is 0 Å². The highest BCUT2D eigenvalue weighted by Crippen LogP contribution is 2.29. The first kappa shape index (κ1) is 13.9. The van der Waals surface area contributed by atoms with Crippen molar-refractivity contribution in [2.75, 3.05) is 0 Å². The fraction of sp³-hybridized carbons (Fsp3) is 0.400. The highest BCUT2D eigenvalue weighted by atomic mass is 32.1. The van der Waals surface area contributed by atoms with E-state index >= 15 is 0 Å². The van der Waals surface area contributed by atoms with Gasteiger partial charge in [0.2, 0.25) is 0 Å². The third-order valence-corrected chi connectivity index (χ3v) is 4.46. The van der Waals surface area contributed by atoms with Crippen LogP contribution in [0.2, 0.25) is 0 Å². The highest BCUT2D eigenvalue weighted by molar-refractivity contribution is 7.12. The molecule has 0 radical (unpaired) electrons. The van der Waals surface area contributed by atoms with Crippen LogP contribution in [0.1, 0.15) is 45.3 Å². The molecule has 0 aliphatic rings. The van der Waals surface area contributed by atoms with Gasteiger partial charge in [-0.15, -0.1) is 11.3 Å². The Morgan fingerprint density at radius 1 is 1.37 bits per heavy atom. The molecule has 2 aromatic heterocycles. The monoisotopic (exact) mass is 277 g/mol. The minimum Gasteiger partial charge on any atom is -0.467 e. The Hall–Kier alpha value is -1.55. The summed E-state index contributed by atoms with van der Waals surface area (Å²) in [4.78, 5) is 14.7. The predicted molar refractivity (Wildman–Crippen MR) is 77.7 cm³/mol. The molecular formula is C15H19NO2S. The molecule has 2 heterocycles. The van der Waals surface area contributed by atoms with E-state index in [1.165, 1.54) is 10.4 Å². The van der Waals surface area contributed by atoms with Crippen molar-refractivity contribution in [1.29, 1.82) is 0 Å². The van der Waals surface area contributed by atoms with Crippen LogP contribution in [-0.2, 0) is 19.4 Å². The SMILES string of the molecule is CCc1sc(C)c(C(=O)NCc2ccco2)c1CC. The van der Waals surface area contributed by atoms with Gasteiger partial charge >= 0.3 is 0 Å². The number of carbonyl (C=O) groups is 1. The summed E-state index contributed by atoms with van der Waals surface area (Å²) in [6.07, 6.45) is 3.50. The van der Waals surface area contributed by atoms with Crippen molar-refractivity contribution >= 4 is 17.2 Å². The second-order valence-corrected chi connectivity index (χ2v) is 5.71. The van der Waals surface area contributed by atoms with E-state index in [1.807, 2.05) is 19.1 Å². The second kappa shape index (κ2) is 6.06. The normalized spacial score (nSPS) is 10.7.